The van der Waals surface area contributed by atoms with E-state index < -0.39 is 0 Å². The highest BCUT2D eigenvalue weighted by molar-refractivity contribution is 7.00. The lowest BCUT2D eigenvalue weighted by Gasteiger charge is -2.17. The molecule has 3 rings (SSSR count). The maximum atomic E-state index is 4.59. The van der Waals surface area contributed by atoms with Gasteiger partial charge in [0.05, 0.1) is 11.7 Å². The number of hydrogen-bond donors (Lipinski definition) is 0. The van der Waals surface area contributed by atoms with Crippen LogP contribution in [-0.2, 0) is 12.8 Å². The van der Waals surface area contributed by atoms with Crippen LogP contribution >= 0.6 is 11.7 Å². The summed E-state index contributed by atoms with van der Waals surface area (Å²) in [7, 11) is 0. The van der Waals surface area contributed by atoms with Crippen LogP contribution in [0.3, 0.4) is 0 Å². The molecule has 0 fully saturated rings. The molecule has 0 saturated carbocycles. The largest absolute Gasteiger partial charge is 0.173 e. The zero-order chi connectivity index (χ0) is 13.2. The molecule has 0 saturated heterocycles. The fourth-order valence-corrected chi connectivity index (χ4v) is 3.95. The molecular weight excluding hydrogens is 252 g/mol. The van der Waals surface area contributed by atoms with Gasteiger partial charge in [-0.25, -0.2) is 0 Å². The minimum atomic E-state index is 1.15. The van der Waals surface area contributed by atoms with Gasteiger partial charge in [0.15, 0.2) is 0 Å². The maximum absolute atomic E-state index is 4.59. The molecule has 1 aliphatic carbocycles. The van der Waals surface area contributed by atoms with Crippen molar-refractivity contribution in [3.8, 4) is 0 Å². The molecule has 3 heteroatoms. The second kappa shape index (κ2) is 5.58. The van der Waals surface area contributed by atoms with Crippen LogP contribution in [0.25, 0.3) is 11.0 Å². The fraction of sp³-hybridized carbons (Fsp3) is 0.625. The molecule has 0 N–H and O–H groups in total. The first-order chi connectivity index (χ1) is 9.29. The van der Waals surface area contributed by atoms with E-state index >= 15 is 0 Å². The number of benzene rings is 1. The zero-order valence-corrected chi connectivity index (χ0v) is 12.8. The average Bonchev–Trinajstić information content (AvgIpc) is 2.91. The second-order valence-electron chi connectivity index (χ2n) is 5.79. The van der Waals surface area contributed by atoms with E-state index in [2.05, 4.69) is 22.6 Å². The molecule has 0 spiro atoms. The van der Waals surface area contributed by atoms with Gasteiger partial charge in [0.25, 0.3) is 0 Å². The third-order valence-corrected chi connectivity index (χ3v) is 5.14. The highest BCUT2D eigenvalue weighted by Gasteiger charge is 2.17. The van der Waals surface area contributed by atoms with E-state index in [9.17, 15) is 0 Å². The molecule has 0 unspecified atom stereocenters. The molecule has 1 aliphatic rings. The summed E-state index contributed by atoms with van der Waals surface area (Å²) in [5, 5.41) is 0. The molecule has 0 radical (unpaired) electrons. The number of aromatic nitrogens is 2. The number of hydrogen-bond acceptors (Lipinski definition) is 3. The molecule has 0 bridgehead atoms. The van der Waals surface area contributed by atoms with Gasteiger partial charge >= 0.3 is 0 Å². The minimum absolute atomic E-state index is 1.15. The fourth-order valence-electron chi connectivity index (χ4n) is 3.32. The molecule has 102 valence electrons. The van der Waals surface area contributed by atoms with E-state index in [1.807, 2.05) is 0 Å². The molecule has 1 aromatic carbocycles. The van der Waals surface area contributed by atoms with Crippen molar-refractivity contribution in [3.05, 3.63) is 22.3 Å². The van der Waals surface area contributed by atoms with Crippen molar-refractivity contribution in [2.24, 2.45) is 0 Å². The first-order valence-electron chi connectivity index (χ1n) is 7.52. The summed E-state index contributed by atoms with van der Waals surface area (Å²) in [4.78, 5) is 0. The maximum Gasteiger partial charge on any atom is 0.108 e. The Morgan fingerprint density at radius 3 is 2.00 bits per heavy atom. The number of aryl methyl sites for hydroxylation is 2. The molecule has 1 aromatic heterocycles. The second-order valence-corrected chi connectivity index (χ2v) is 6.32. The lowest BCUT2D eigenvalue weighted by molar-refractivity contribution is 0.581. The van der Waals surface area contributed by atoms with Crippen LogP contribution < -0.4 is 0 Å². The van der Waals surface area contributed by atoms with E-state index in [0.29, 0.717) is 0 Å². The summed E-state index contributed by atoms with van der Waals surface area (Å²) in [5.74, 6) is 0. The molecular formula is C16H22N2S. The molecule has 1 heterocycles. The Kier molecular flexibility index (Phi) is 3.83. The molecule has 0 amide bonds. The van der Waals surface area contributed by atoms with Gasteiger partial charge in [-0.2, -0.15) is 8.75 Å². The third kappa shape index (κ3) is 2.40. The van der Waals surface area contributed by atoms with Crippen molar-refractivity contribution >= 4 is 22.8 Å². The van der Waals surface area contributed by atoms with Gasteiger partial charge in [0.1, 0.15) is 11.0 Å². The van der Waals surface area contributed by atoms with Crippen LogP contribution in [0.2, 0.25) is 0 Å². The number of nitrogens with zero attached hydrogens (tertiary/aromatic N) is 2. The Hall–Kier alpha value is -0.960. The van der Waals surface area contributed by atoms with Crippen molar-refractivity contribution in [2.75, 3.05) is 0 Å². The Morgan fingerprint density at radius 1 is 0.684 bits per heavy atom. The highest BCUT2D eigenvalue weighted by Crippen LogP contribution is 2.31. The van der Waals surface area contributed by atoms with E-state index in [-0.39, 0.29) is 0 Å². The monoisotopic (exact) mass is 274 g/mol. The highest BCUT2D eigenvalue weighted by atomic mass is 32.1. The van der Waals surface area contributed by atoms with Crippen molar-refractivity contribution in [1.29, 1.82) is 0 Å². The first kappa shape index (κ1) is 13.0. The Balaban J connectivity index is 2.14. The molecule has 2 aromatic rings. The molecule has 19 heavy (non-hydrogen) atoms. The first-order valence-corrected chi connectivity index (χ1v) is 8.25. The zero-order valence-electron chi connectivity index (χ0n) is 12.0. The average molecular weight is 274 g/mol. The van der Waals surface area contributed by atoms with Crippen LogP contribution in [0.1, 0.15) is 60.8 Å². The third-order valence-electron chi connectivity index (χ3n) is 4.61. The normalized spacial score (nSPS) is 17.4. The lowest BCUT2D eigenvalue weighted by Crippen LogP contribution is -2.04. The van der Waals surface area contributed by atoms with Crippen molar-refractivity contribution in [3.63, 3.8) is 0 Å². The summed E-state index contributed by atoms with van der Waals surface area (Å²) in [6, 6.07) is 0. The molecule has 2 nitrogen and oxygen atoms in total. The summed E-state index contributed by atoms with van der Waals surface area (Å²) in [6.07, 6.45) is 10.6. The summed E-state index contributed by atoms with van der Waals surface area (Å²) in [5.41, 5.74) is 8.26. The topological polar surface area (TPSA) is 25.8 Å². The van der Waals surface area contributed by atoms with Gasteiger partial charge in [-0.1, -0.05) is 25.7 Å². The Labute approximate surface area is 119 Å². The van der Waals surface area contributed by atoms with E-state index in [4.69, 9.17) is 0 Å². The van der Waals surface area contributed by atoms with E-state index in [1.54, 1.807) is 5.56 Å². The molecule has 0 atom stereocenters. The van der Waals surface area contributed by atoms with Gasteiger partial charge in [0, 0.05) is 0 Å². The van der Waals surface area contributed by atoms with Crippen molar-refractivity contribution < 1.29 is 0 Å². The van der Waals surface area contributed by atoms with Gasteiger partial charge in [-0.15, -0.1) is 0 Å². The van der Waals surface area contributed by atoms with Crippen LogP contribution in [-0.4, -0.2) is 8.75 Å². The van der Waals surface area contributed by atoms with Crippen LogP contribution in [0.15, 0.2) is 0 Å². The number of rotatable bonds is 0. The summed E-state index contributed by atoms with van der Waals surface area (Å²) in [6.45, 7) is 4.48. The van der Waals surface area contributed by atoms with E-state index in [0.717, 1.165) is 5.52 Å². The van der Waals surface area contributed by atoms with Gasteiger partial charge in [-0.05, 0) is 61.8 Å². The quantitative estimate of drug-likeness (QED) is 0.693. The van der Waals surface area contributed by atoms with Gasteiger partial charge in [0.2, 0.25) is 0 Å². The predicted molar refractivity (Wildman–Crippen MR) is 82.0 cm³/mol. The summed E-state index contributed by atoms with van der Waals surface area (Å²) >= 11 is 1.37. The minimum Gasteiger partial charge on any atom is -0.173 e. The van der Waals surface area contributed by atoms with E-state index in [1.165, 1.54) is 85.3 Å². The van der Waals surface area contributed by atoms with Crippen LogP contribution in [0.4, 0.5) is 0 Å². The summed E-state index contributed by atoms with van der Waals surface area (Å²) < 4.78 is 9.10. The smallest absolute Gasteiger partial charge is 0.108 e. The van der Waals surface area contributed by atoms with Crippen LogP contribution in [0.5, 0.6) is 0 Å². The van der Waals surface area contributed by atoms with Crippen molar-refractivity contribution in [2.45, 2.75) is 65.2 Å². The van der Waals surface area contributed by atoms with Crippen LogP contribution in [0, 0.1) is 13.8 Å². The Morgan fingerprint density at radius 2 is 1.26 bits per heavy atom. The van der Waals surface area contributed by atoms with Crippen molar-refractivity contribution in [1.82, 2.24) is 8.75 Å². The molecule has 0 aliphatic heterocycles. The standard InChI is InChI=1S/C16H22N2S/c1-11-12(2)15-16(18-19-17-15)14-10-8-6-4-3-5-7-9-13(11)14/h3-10H2,1-2H3. The van der Waals surface area contributed by atoms with Gasteiger partial charge in [-0.3, -0.25) is 0 Å². The predicted octanol–water partition coefficient (Wildman–Crippen LogP) is 4.75. The number of fused-ring (bicyclic) bond motifs is 3. The Bertz CT molecular complexity index is 586. The SMILES string of the molecule is Cc1c2c(c3nsnc3c1C)CCCCCCCC2. The van der Waals surface area contributed by atoms with Gasteiger partial charge < -0.3 is 0 Å². The lowest BCUT2D eigenvalue weighted by atomic mass is 9.88.